The third-order valence-corrected chi connectivity index (χ3v) is 5.42. The first-order valence-corrected chi connectivity index (χ1v) is 8.24. The van der Waals surface area contributed by atoms with Crippen LogP contribution in [0, 0.1) is 0 Å². The van der Waals surface area contributed by atoms with Gasteiger partial charge in [0.2, 0.25) is 0 Å². The van der Waals surface area contributed by atoms with Crippen LogP contribution < -0.4 is 5.73 Å². The van der Waals surface area contributed by atoms with Crippen LogP contribution in [0.3, 0.4) is 0 Å². The van der Waals surface area contributed by atoms with E-state index >= 15 is 0 Å². The monoisotopic (exact) mass is 323 g/mol. The number of rotatable bonds is 1. The van der Waals surface area contributed by atoms with Crippen LogP contribution in [0.5, 0.6) is 5.75 Å². The zero-order valence-corrected chi connectivity index (χ0v) is 12.9. The van der Waals surface area contributed by atoms with Gasteiger partial charge in [-0.05, 0) is 71.6 Å². The molecule has 2 aliphatic rings. The van der Waals surface area contributed by atoms with Crippen LogP contribution in [0.4, 0.5) is 0 Å². The van der Waals surface area contributed by atoms with Gasteiger partial charge in [0, 0.05) is 11.1 Å². The normalized spacial score (nSPS) is 22.0. The molecule has 0 radical (unpaired) electrons. The van der Waals surface area contributed by atoms with Gasteiger partial charge >= 0.3 is 0 Å². The Labute approximate surface area is 123 Å². The van der Waals surface area contributed by atoms with E-state index in [1.165, 1.54) is 43.2 Å². The highest BCUT2D eigenvalue weighted by Gasteiger charge is 2.37. The van der Waals surface area contributed by atoms with Gasteiger partial charge in [-0.3, -0.25) is 0 Å². The number of nitrogens with two attached hydrogens (primary N) is 1. The fraction of sp³-hybridized carbons (Fsp3) is 0.625. The fourth-order valence-electron chi connectivity index (χ4n) is 3.83. The Morgan fingerprint density at radius 3 is 2.47 bits per heavy atom. The Bertz CT molecular complexity index is 492. The molecule has 104 valence electrons. The number of aromatic hydroxyl groups is 1. The van der Waals surface area contributed by atoms with Crippen molar-refractivity contribution in [3.8, 4) is 5.75 Å². The quantitative estimate of drug-likeness (QED) is 0.762. The van der Waals surface area contributed by atoms with Gasteiger partial charge in [-0.25, -0.2) is 0 Å². The second kappa shape index (κ2) is 5.10. The molecule has 2 nitrogen and oxygen atoms in total. The number of phenols is 1. The molecule has 0 aromatic heterocycles. The summed E-state index contributed by atoms with van der Waals surface area (Å²) in [6.07, 6.45) is 10.3. The molecule has 0 unspecified atom stereocenters. The molecule has 1 aromatic carbocycles. The Morgan fingerprint density at radius 2 is 1.74 bits per heavy atom. The molecule has 3 rings (SSSR count). The number of fused-ring (bicyclic) bond motifs is 1. The molecule has 3 N–H and O–H groups in total. The standard InChI is InChI=1S/C16H22BrNO/c17-13-10-11-6-2-1-3-7-12(11)14(15(13)19)16(18)8-4-5-9-16/h10,19H,1-9,18H2. The summed E-state index contributed by atoms with van der Waals surface area (Å²) in [5.74, 6) is 0.394. The lowest BCUT2D eigenvalue weighted by Crippen LogP contribution is -2.34. The molecule has 0 aliphatic heterocycles. The third kappa shape index (κ3) is 2.31. The van der Waals surface area contributed by atoms with Crippen LogP contribution in [0.1, 0.15) is 61.6 Å². The number of benzene rings is 1. The maximum Gasteiger partial charge on any atom is 0.135 e. The molecular weight excluding hydrogens is 302 g/mol. The van der Waals surface area contributed by atoms with Crippen molar-refractivity contribution in [3.63, 3.8) is 0 Å². The van der Waals surface area contributed by atoms with E-state index in [2.05, 4.69) is 22.0 Å². The predicted octanol–water partition coefficient (Wildman–Crippen LogP) is 4.15. The van der Waals surface area contributed by atoms with Crippen molar-refractivity contribution in [2.24, 2.45) is 5.73 Å². The molecule has 0 spiro atoms. The first-order valence-electron chi connectivity index (χ1n) is 7.44. The minimum absolute atomic E-state index is 0.303. The van der Waals surface area contributed by atoms with Crippen molar-refractivity contribution in [1.29, 1.82) is 0 Å². The van der Waals surface area contributed by atoms with E-state index in [9.17, 15) is 5.11 Å². The fourth-order valence-corrected chi connectivity index (χ4v) is 4.30. The molecular formula is C16H22BrNO. The second-order valence-corrected chi connectivity index (χ2v) is 7.00. The average molecular weight is 324 g/mol. The SMILES string of the molecule is NC1(c2c(O)c(Br)cc3c2CCCCC3)CCCC1. The number of halogens is 1. The molecule has 0 amide bonds. The van der Waals surface area contributed by atoms with Crippen LogP contribution in [-0.2, 0) is 18.4 Å². The summed E-state index contributed by atoms with van der Waals surface area (Å²) in [6.45, 7) is 0. The van der Waals surface area contributed by atoms with Crippen molar-refractivity contribution in [1.82, 2.24) is 0 Å². The first-order chi connectivity index (χ1) is 9.12. The summed E-state index contributed by atoms with van der Waals surface area (Å²) in [7, 11) is 0. The van der Waals surface area contributed by atoms with Gasteiger partial charge in [0.05, 0.1) is 4.47 Å². The van der Waals surface area contributed by atoms with E-state index in [1.807, 2.05) is 0 Å². The maximum atomic E-state index is 10.5. The average Bonchev–Trinajstić information content (AvgIpc) is 2.68. The molecule has 0 heterocycles. The lowest BCUT2D eigenvalue weighted by molar-refractivity contribution is 0.403. The van der Waals surface area contributed by atoms with E-state index in [1.54, 1.807) is 0 Å². The molecule has 1 aromatic rings. The van der Waals surface area contributed by atoms with Gasteiger partial charge in [-0.15, -0.1) is 0 Å². The molecule has 0 bridgehead atoms. The van der Waals surface area contributed by atoms with Gasteiger partial charge in [-0.1, -0.05) is 19.3 Å². The highest BCUT2D eigenvalue weighted by atomic mass is 79.9. The van der Waals surface area contributed by atoms with Crippen LogP contribution in [0.15, 0.2) is 10.5 Å². The van der Waals surface area contributed by atoms with Crippen molar-refractivity contribution in [2.75, 3.05) is 0 Å². The van der Waals surface area contributed by atoms with Crippen LogP contribution >= 0.6 is 15.9 Å². The smallest absolute Gasteiger partial charge is 0.135 e. The lowest BCUT2D eigenvalue weighted by atomic mass is 9.82. The minimum Gasteiger partial charge on any atom is -0.506 e. The molecule has 0 atom stereocenters. The van der Waals surface area contributed by atoms with Crippen LogP contribution in [0.25, 0.3) is 0 Å². The Balaban J connectivity index is 2.18. The van der Waals surface area contributed by atoms with Crippen molar-refractivity contribution in [2.45, 2.75) is 63.3 Å². The lowest BCUT2D eigenvalue weighted by Gasteiger charge is -2.29. The zero-order chi connectivity index (χ0) is 13.5. The summed E-state index contributed by atoms with van der Waals surface area (Å²) >= 11 is 3.52. The highest BCUT2D eigenvalue weighted by molar-refractivity contribution is 9.10. The van der Waals surface area contributed by atoms with E-state index in [-0.39, 0.29) is 5.54 Å². The molecule has 1 fully saturated rings. The van der Waals surface area contributed by atoms with Gasteiger partial charge in [0.15, 0.2) is 0 Å². The largest absolute Gasteiger partial charge is 0.506 e. The Morgan fingerprint density at radius 1 is 1.05 bits per heavy atom. The Kier molecular flexibility index (Phi) is 3.61. The zero-order valence-electron chi connectivity index (χ0n) is 11.3. The van der Waals surface area contributed by atoms with Crippen LogP contribution in [0.2, 0.25) is 0 Å². The van der Waals surface area contributed by atoms with Crippen molar-refractivity contribution < 1.29 is 5.11 Å². The molecule has 3 heteroatoms. The summed E-state index contributed by atoms with van der Waals surface area (Å²) in [5, 5.41) is 10.5. The predicted molar refractivity (Wildman–Crippen MR) is 81.4 cm³/mol. The van der Waals surface area contributed by atoms with E-state index in [0.29, 0.717) is 5.75 Å². The van der Waals surface area contributed by atoms with Crippen molar-refractivity contribution >= 4 is 15.9 Å². The summed E-state index contributed by atoms with van der Waals surface area (Å²) in [6, 6.07) is 2.11. The Hall–Kier alpha value is -0.540. The first kappa shape index (κ1) is 13.4. The third-order valence-electron chi connectivity index (χ3n) is 4.82. The van der Waals surface area contributed by atoms with Gasteiger partial charge in [0.1, 0.15) is 5.75 Å². The van der Waals surface area contributed by atoms with Crippen molar-refractivity contribution in [3.05, 3.63) is 27.2 Å². The number of hydrogen-bond acceptors (Lipinski definition) is 2. The maximum absolute atomic E-state index is 10.5. The van der Waals surface area contributed by atoms with Gasteiger partial charge in [0.25, 0.3) is 0 Å². The van der Waals surface area contributed by atoms with Crippen LogP contribution in [-0.4, -0.2) is 5.11 Å². The molecule has 1 saturated carbocycles. The van der Waals surface area contributed by atoms with E-state index in [4.69, 9.17) is 5.73 Å². The van der Waals surface area contributed by atoms with Gasteiger partial charge in [-0.2, -0.15) is 0 Å². The number of phenolic OH excluding ortho intramolecular Hbond substituents is 1. The van der Waals surface area contributed by atoms with E-state index < -0.39 is 0 Å². The minimum atomic E-state index is -0.303. The highest BCUT2D eigenvalue weighted by Crippen LogP contribution is 2.46. The topological polar surface area (TPSA) is 46.2 Å². The van der Waals surface area contributed by atoms with E-state index in [0.717, 1.165) is 35.7 Å². The molecule has 2 aliphatic carbocycles. The number of aryl methyl sites for hydroxylation is 1. The summed E-state index contributed by atoms with van der Waals surface area (Å²) in [5.41, 5.74) is 10.1. The second-order valence-electron chi connectivity index (χ2n) is 6.14. The number of hydrogen-bond donors (Lipinski definition) is 2. The molecule has 19 heavy (non-hydrogen) atoms. The summed E-state index contributed by atoms with van der Waals surface area (Å²) < 4.78 is 0.819. The summed E-state index contributed by atoms with van der Waals surface area (Å²) in [4.78, 5) is 0. The van der Waals surface area contributed by atoms with Gasteiger partial charge < -0.3 is 10.8 Å². The molecule has 0 saturated heterocycles.